The molecule has 0 saturated carbocycles. The van der Waals surface area contributed by atoms with Crippen molar-refractivity contribution in [2.45, 2.75) is 59.3 Å². The summed E-state index contributed by atoms with van der Waals surface area (Å²) in [5.74, 6) is 0. The highest BCUT2D eigenvalue weighted by molar-refractivity contribution is 7.15. The Morgan fingerprint density at radius 1 is 1.23 bits per heavy atom. The number of aldehydes is 1. The molecule has 0 radical (unpaired) electrons. The van der Waals surface area contributed by atoms with E-state index in [1.165, 1.54) is 46.0 Å². The van der Waals surface area contributed by atoms with Gasteiger partial charge >= 0.3 is 0 Å². The number of benzene rings is 1. The van der Waals surface area contributed by atoms with Crippen LogP contribution in [0, 0.1) is 0 Å². The van der Waals surface area contributed by atoms with E-state index >= 15 is 0 Å². The fourth-order valence-electron chi connectivity index (χ4n) is 2.78. The third kappa shape index (κ3) is 3.64. The Morgan fingerprint density at radius 2 is 2.05 bits per heavy atom. The molecule has 0 fully saturated rings. The zero-order valence-corrected chi connectivity index (χ0v) is 14.6. The smallest absolute Gasteiger partial charge is 0.150 e. The number of aryl methyl sites for hydroxylation is 3. The number of hydrogen-bond acceptors (Lipinski definition) is 3. The first kappa shape index (κ1) is 16.9. The average Bonchev–Trinajstić information content (AvgIpc) is 2.99. The Labute approximate surface area is 137 Å². The Morgan fingerprint density at radius 3 is 2.77 bits per heavy atom. The van der Waals surface area contributed by atoms with Crippen LogP contribution in [-0.2, 0) is 19.3 Å². The standard InChI is InChI=1S/C17H19NOS.C2H6/c1-2-3-4-5-16-18-15-9-7-13-10-12(11-19)6-8-14(13)17(15)20-16;1-2/h6,8,10-11H,2-5,7,9H2,1H3;1-2H3. The van der Waals surface area contributed by atoms with Gasteiger partial charge in [-0.2, -0.15) is 0 Å². The van der Waals surface area contributed by atoms with E-state index in [0.717, 1.165) is 31.1 Å². The van der Waals surface area contributed by atoms with Gasteiger partial charge in [0.15, 0.2) is 0 Å². The van der Waals surface area contributed by atoms with Gasteiger partial charge in [-0.05, 0) is 42.9 Å². The van der Waals surface area contributed by atoms with Crippen LogP contribution in [0.4, 0.5) is 0 Å². The summed E-state index contributed by atoms with van der Waals surface area (Å²) in [5.41, 5.74) is 4.62. The molecule has 22 heavy (non-hydrogen) atoms. The van der Waals surface area contributed by atoms with Crippen molar-refractivity contribution in [2.75, 3.05) is 0 Å². The first-order valence-electron chi connectivity index (χ1n) is 8.39. The lowest BCUT2D eigenvalue weighted by Crippen LogP contribution is -2.03. The predicted octanol–water partition coefficient (Wildman–Crippen LogP) is 5.48. The monoisotopic (exact) mass is 315 g/mol. The van der Waals surface area contributed by atoms with Crippen molar-refractivity contribution in [2.24, 2.45) is 0 Å². The van der Waals surface area contributed by atoms with Gasteiger partial charge in [-0.3, -0.25) is 4.79 Å². The zero-order valence-electron chi connectivity index (χ0n) is 13.8. The molecule has 0 atom stereocenters. The molecule has 0 saturated heterocycles. The summed E-state index contributed by atoms with van der Waals surface area (Å²) in [6, 6.07) is 6.03. The Balaban J connectivity index is 0.000000847. The van der Waals surface area contributed by atoms with Gasteiger partial charge < -0.3 is 0 Å². The normalized spacial score (nSPS) is 12.0. The molecule has 3 rings (SSSR count). The molecule has 2 nitrogen and oxygen atoms in total. The van der Waals surface area contributed by atoms with Gasteiger partial charge in [0.2, 0.25) is 0 Å². The van der Waals surface area contributed by atoms with Crippen LogP contribution in [0.1, 0.15) is 66.7 Å². The van der Waals surface area contributed by atoms with Crippen molar-refractivity contribution in [3.8, 4) is 10.4 Å². The van der Waals surface area contributed by atoms with Gasteiger partial charge in [0, 0.05) is 5.56 Å². The molecule has 1 aliphatic carbocycles. The highest BCUT2D eigenvalue weighted by Crippen LogP contribution is 2.38. The number of unbranched alkanes of at least 4 members (excludes halogenated alkanes) is 2. The van der Waals surface area contributed by atoms with Crippen LogP contribution in [0.2, 0.25) is 0 Å². The van der Waals surface area contributed by atoms with E-state index in [1.54, 1.807) is 0 Å². The summed E-state index contributed by atoms with van der Waals surface area (Å²) in [4.78, 5) is 17.0. The second-order valence-corrected chi connectivity index (χ2v) is 6.46. The lowest BCUT2D eigenvalue weighted by Gasteiger charge is -2.15. The van der Waals surface area contributed by atoms with Gasteiger partial charge in [-0.1, -0.05) is 45.7 Å². The maximum atomic E-state index is 10.9. The molecule has 0 bridgehead atoms. The van der Waals surface area contributed by atoms with Crippen molar-refractivity contribution in [1.82, 2.24) is 4.98 Å². The first-order valence-corrected chi connectivity index (χ1v) is 9.20. The SMILES string of the molecule is CC.CCCCCc1nc2c(s1)-c1ccc(C=O)cc1CC2. The van der Waals surface area contributed by atoms with E-state index in [1.807, 2.05) is 37.3 Å². The van der Waals surface area contributed by atoms with Gasteiger partial charge in [-0.15, -0.1) is 11.3 Å². The average molecular weight is 315 g/mol. The van der Waals surface area contributed by atoms with Crippen LogP contribution in [0.3, 0.4) is 0 Å². The predicted molar refractivity (Wildman–Crippen MR) is 94.9 cm³/mol. The molecule has 0 unspecified atom stereocenters. The molecule has 3 heteroatoms. The van der Waals surface area contributed by atoms with Crippen LogP contribution in [-0.4, -0.2) is 11.3 Å². The van der Waals surface area contributed by atoms with Gasteiger partial charge in [0.05, 0.1) is 15.6 Å². The lowest BCUT2D eigenvalue weighted by atomic mass is 9.92. The maximum Gasteiger partial charge on any atom is 0.150 e. The molecule has 1 heterocycles. The van der Waals surface area contributed by atoms with Crippen LogP contribution < -0.4 is 0 Å². The number of aromatic nitrogens is 1. The summed E-state index contributed by atoms with van der Waals surface area (Å²) >= 11 is 1.84. The van der Waals surface area contributed by atoms with Gasteiger partial charge in [0.25, 0.3) is 0 Å². The van der Waals surface area contributed by atoms with Crippen molar-refractivity contribution < 1.29 is 4.79 Å². The van der Waals surface area contributed by atoms with Crippen molar-refractivity contribution in [1.29, 1.82) is 0 Å². The lowest BCUT2D eigenvalue weighted by molar-refractivity contribution is 0.112. The molecule has 118 valence electrons. The largest absolute Gasteiger partial charge is 0.298 e. The van der Waals surface area contributed by atoms with E-state index in [0.29, 0.717) is 0 Å². The molecule has 0 amide bonds. The first-order chi connectivity index (χ1) is 10.8. The van der Waals surface area contributed by atoms with Crippen LogP contribution in [0.15, 0.2) is 18.2 Å². The van der Waals surface area contributed by atoms with Crippen LogP contribution in [0.5, 0.6) is 0 Å². The highest BCUT2D eigenvalue weighted by Gasteiger charge is 2.20. The number of fused-ring (bicyclic) bond motifs is 3. The van der Waals surface area contributed by atoms with Gasteiger partial charge in [0.1, 0.15) is 6.29 Å². The number of rotatable bonds is 5. The minimum absolute atomic E-state index is 0.778. The number of carbonyl (C=O) groups is 1. The Kier molecular flexibility index (Phi) is 6.32. The zero-order chi connectivity index (χ0) is 15.9. The number of thiazole rings is 1. The Hall–Kier alpha value is -1.48. The summed E-state index contributed by atoms with van der Waals surface area (Å²) < 4.78 is 0. The topological polar surface area (TPSA) is 30.0 Å². The maximum absolute atomic E-state index is 10.9. The molecule has 1 aliphatic rings. The highest BCUT2D eigenvalue weighted by atomic mass is 32.1. The molecule has 2 aromatic rings. The van der Waals surface area contributed by atoms with E-state index < -0.39 is 0 Å². The van der Waals surface area contributed by atoms with E-state index in [9.17, 15) is 4.79 Å². The molecular weight excluding hydrogens is 290 g/mol. The van der Waals surface area contributed by atoms with Crippen molar-refractivity contribution in [3.05, 3.63) is 40.0 Å². The van der Waals surface area contributed by atoms with Crippen molar-refractivity contribution in [3.63, 3.8) is 0 Å². The van der Waals surface area contributed by atoms with Crippen molar-refractivity contribution >= 4 is 17.6 Å². The molecule has 0 N–H and O–H groups in total. The van der Waals surface area contributed by atoms with E-state index in [4.69, 9.17) is 4.98 Å². The minimum Gasteiger partial charge on any atom is -0.298 e. The molecule has 0 aliphatic heterocycles. The van der Waals surface area contributed by atoms with E-state index in [-0.39, 0.29) is 0 Å². The fourth-order valence-corrected chi connectivity index (χ4v) is 3.99. The second-order valence-electron chi connectivity index (χ2n) is 5.37. The van der Waals surface area contributed by atoms with Gasteiger partial charge in [-0.25, -0.2) is 4.98 Å². The van der Waals surface area contributed by atoms with Crippen LogP contribution in [0.25, 0.3) is 10.4 Å². The van der Waals surface area contributed by atoms with E-state index in [2.05, 4.69) is 13.0 Å². The quantitative estimate of drug-likeness (QED) is 0.540. The molecular formula is C19H25NOS. The third-order valence-corrected chi connectivity index (χ3v) is 5.07. The third-order valence-electron chi connectivity index (χ3n) is 3.88. The second kappa shape index (κ2) is 8.23. The summed E-state index contributed by atoms with van der Waals surface area (Å²) in [7, 11) is 0. The van der Waals surface area contributed by atoms with Crippen LogP contribution >= 0.6 is 11.3 Å². The molecule has 0 spiro atoms. The number of carbonyl (C=O) groups excluding carboxylic acids is 1. The minimum atomic E-state index is 0.778. The summed E-state index contributed by atoms with van der Waals surface area (Å²) in [6.07, 6.45) is 7.81. The fraction of sp³-hybridized carbons (Fsp3) is 0.474. The Bertz CT molecular complexity index is 630. The molecule has 1 aromatic heterocycles. The number of hydrogen-bond donors (Lipinski definition) is 0. The summed E-state index contributed by atoms with van der Waals surface area (Å²) in [5, 5.41) is 1.27. The number of nitrogens with zero attached hydrogens (tertiary/aromatic N) is 1. The summed E-state index contributed by atoms with van der Waals surface area (Å²) in [6.45, 7) is 6.23. The molecule has 1 aromatic carbocycles.